The van der Waals surface area contributed by atoms with Crippen LogP contribution in [-0.4, -0.2) is 40.1 Å². The van der Waals surface area contributed by atoms with Crippen LogP contribution in [-0.2, 0) is 11.3 Å². The van der Waals surface area contributed by atoms with Crippen molar-refractivity contribution < 1.29 is 14.3 Å². The number of aromatic nitrogens is 1. The zero-order valence-electron chi connectivity index (χ0n) is 14.4. The molecule has 2 N–H and O–H groups in total. The molecule has 1 aliphatic heterocycles. The summed E-state index contributed by atoms with van der Waals surface area (Å²) in [5.41, 5.74) is 1.89. The first kappa shape index (κ1) is 18.1. The maximum Gasteiger partial charge on any atom is 0.328 e. The zero-order chi connectivity index (χ0) is 18.4. The lowest BCUT2D eigenvalue weighted by molar-refractivity contribution is -0.131. The van der Waals surface area contributed by atoms with Gasteiger partial charge in [-0.2, -0.15) is 0 Å². The first-order chi connectivity index (χ1) is 12.6. The molecule has 1 aromatic carbocycles. The molecule has 0 aliphatic carbocycles. The zero-order valence-corrected chi connectivity index (χ0v) is 14.4. The van der Waals surface area contributed by atoms with Crippen LogP contribution in [0.25, 0.3) is 6.08 Å². The van der Waals surface area contributed by atoms with Crippen LogP contribution >= 0.6 is 0 Å². The molecule has 3 rings (SSSR count). The normalized spacial score (nSPS) is 16.0. The highest BCUT2D eigenvalue weighted by Gasteiger charge is 2.19. The molecule has 0 atom stereocenters. The van der Waals surface area contributed by atoms with Crippen molar-refractivity contribution in [2.75, 3.05) is 18.4 Å². The molecule has 1 saturated heterocycles. The molecular weight excluding hydrogens is 333 g/mol. The van der Waals surface area contributed by atoms with Crippen LogP contribution < -0.4 is 5.32 Å². The van der Waals surface area contributed by atoms with Gasteiger partial charge in [-0.15, -0.1) is 0 Å². The quantitative estimate of drug-likeness (QED) is 0.778. The van der Waals surface area contributed by atoms with Crippen molar-refractivity contribution in [3.63, 3.8) is 0 Å². The second-order valence-electron chi connectivity index (χ2n) is 6.47. The van der Waals surface area contributed by atoms with Gasteiger partial charge in [0.25, 0.3) is 0 Å². The maximum atomic E-state index is 13.0. The van der Waals surface area contributed by atoms with Crippen molar-refractivity contribution in [3.8, 4) is 0 Å². The molecule has 1 fully saturated rings. The van der Waals surface area contributed by atoms with E-state index in [1.54, 1.807) is 6.20 Å². The van der Waals surface area contributed by atoms with Crippen LogP contribution in [0.3, 0.4) is 0 Å². The molecule has 26 heavy (non-hydrogen) atoms. The Kier molecular flexibility index (Phi) is 5.96. The van der Waals surface area contributed by atoms with Crippen LogP contribution in [0.5, 0.6) is 0 Å². The van der Waals surface area contributed by atoms with Crippen LogP contribution in [0.15, 0.2) is 48.7 Å². The summed E-state index contributed by atoms with van der Waals surface area (Å²) in [7, 11) is 0. The number of hydrogen-bond acceptors (Lipinski definition) is 4. The van der Waals surface area contributed by atoms with E-state index in [9.17, 15) is 9.18 Å². The smallest absolute Gasteiger partial charge is 0.328 e. The molecule has 2 aromatic rings. The minimum absolute atomic E-state index is 0.200. The molecule has 0 bridgehead atoms. The lowest BCUT2D eigenvalue weighted by atomic mass is 10.0. The summed E-state index contributed by atoms with van der Waals surface area (Å²) < 4.78 is 13.0. The minimum atomic E-state index is -0.973. The van der Waals surface area contributed by atoms with Gasteiger partial charge < -0.3 is 10.4 Å². The number of carboxylic acid groups (broad SMARTS) is 1. The maximum absolute atomic E-state index is 13.0. The number of benzene rings is 1. The van der Waals surface area contributed by atoms with E-state index in [1.165, 1.54) is 18.2 Å². The highest BCUT2D eigenvalue weighted by Crippen LogP contribution is 2.18. The summed E-state index contributed by atoms with van der Waals surface area (Å²) >= 11 is 0. The van der Waals surface area contributed by atoms with Crippen molar-refractivity contribution in [1.82, 2.24) is 9.88 Å². The van der Waals surface area contributed by atoms with E-state index >= 15 is 0 Å². The summed E-state index contributed by atoms with van der Waals surface area (Å²) in [6.07, 6.45) is 6.31. The van der Waals surface area contributed by atoms with Crippen molar-refractivity contribution >= 4 is 17.9 Å². The minimum Gasteiger partial charge on any atom is -0.478 e. The average Bonchev–Trinajstić information content (AvgIpc) is 2.64. The van der Waals surface area contributed by atoms with E-state index in [0.717, 1.165) is 55.5 Å². The Morgan fingerprint density at radius 1 is 1.23 bits per heavy atom. The number of pyridine rings is 1. The Hall–Kier alpha value is -2.73. The fourth-order valence-corrected chi connectivity index (χ4v) is 3.05. The van der Waals surface area contributed by atoms with E-state index in [1.807, 2.05) is 24.3 Å². The van der Waals surface area contributed by atoms with Gasteiger partial charge in [-0.1, -0.05) is 12.1 Å². The summed E-state index contributed by atoms with van der Waals surface area (Å²) in [5, 5.41) is 12.1. The first-order valence-electron chi connectivity index (χ1n) is 8.69. The third kappa shape index (κ3) is 5.39. The van der Waals surface area contributed by atoms with Crippen LogP contribution in [0, 0.1) is 5.82 Å². The van der Waals surface area contributed by atoms with E-state index in [2.05, 4.69) is 15.2 Å². The van der Waals surface area contributed by atoms with Crippen LogP contribution in [0.4, 0.5) is 10.2 Å². The molecule has 136 valence electrons. The third-order valence-electron chi connectivity index (χ3n) is 4.46. The number of hydrogen-bond donors (Lipinski definition) is 2. The van der Waals surface area contributed by atoms with Gasteiger partial charge in [-0.25, -0.2) is 14.2 Å². The second-order valence-corrected chi connectivity index (χ2v) is 6.47. The molecule has 5 nitrogen and oxygen atoms in total. The summed E-state index contributed by atoms with van der Waals surface area (Å²) in [6, 6.07) is 10.8. The van der Waals surface area contributed by atoms with E-state index in [-0.39, 0.29) is 5.82 Å². The Bertz CT molecular complexity index is 752. The summed E-state index contributed by atoms with van der Waals surface area (Å²) in [4.78, 5) is 17.2. The Morgan fingerprint density at radius 2 is 1.96 bits per heavy atom. The number of nitrogens with one attached hydrogen (secondary N) is 1. The molecule has 0 amide bonds. The van der Waals surface area contributed by atoms with Gasteiger partial charge in [0, 0.05) is 37.9 Å². The van der Waals surface area contributed by atoms with Gasteiger partial charge in [-0.3, -0.25) is 4.90 Å². The van der Waals surface area contributed by atoms with E-state index < -0.39 is 5.97 Å². The highest BCUT2D eigenvalue weighted by atomic mass is 19.1. The lowest BCUT2D eigenvalue weighted by Gasteiger charge is -2.32. The number of rotatable bonds is 6. The number of anilines is 1. The predicted molar refractivity (Wildman–Crippen MR) is 99.2 cm³/mol. The Labute approximate surface area is 152 Å². The SMILES string of the molecule is O=C(O)C=Cc1ccc(NC2CCN(Cc3ccc(F)cc3)CC2)nc1. The van der Waals surface area contributed by atoms with Gasteiger partial charge in [0.2, 0.25) is 0 Å². The Balaban J connectivity index is 1.46. The highest BCUT2D eigenvalue weighted by molar-refractivity contribution is 5.85. The number of piperidine rings is 1. The molecule has 1 aromatic heterocycles. The molecule has 0 saturated carbocycles. The van der Waals surface area contributed by atoms with Crippen LogP contribution in [0.2, 0.25) is 0 Å². The molecule has 6 heteroatoms. The largest absolute Gasteiger partial charge is 0.478 e. The number of aliphatic carboxylic acids is 1. The molecular formula is C20H22FN3O2. The van der Waals surface area contributed by atoms with Crippen molar-refractivity contribution in [3.05, 3.63) is 65.6 Å². The number of halogens is 1. The fraction of sp³-hybridized carbons (Fsp3) is 0.300. The molecule has 0 radical (unpaired) electrons. The molecule has 2 heterocycles. The van der Waals surface area contributed by atoms with Gasteiger partial charge in [-0.05, 0) is 54.3 Å². The lowest BCUT2D eigenvalue weighted by Crippen LogP contribution is -2.38. The van der Waals surface area contributed by atoms with E-state index in [4.69, 9.17) is 5.11 Å². The number of carboxylic acids is 1. The summed E-state index contributed by atoms with van der Waals surface area (Å²) in [6.45, 7) is 2.80. The Morgan fingerprint density at radius 3 is 2.58 bits per heavy atom. The van der Waals surface area contributed by atoms with Gasteiger partial charge >= 0.3 is 5.97 Å². The predicted octanol–water partition coefficient (Wildman–Crippen LogP) is 3.40. The number of likely N-dealkylation sites (tertiary alicyclic amines) is 1. The third-order valence-corrected chi connectivity index (χ3v) is 4.46. The van der Waals surface area contributed by atoms with Crippen molar-refractivity contribution in [1.29, 1.82) is 0 Å². The monoisotopic (exact) mass is 355 g/mol. The second kappa shape index (κ2) is 8.58. The first-order valence-corrected chi connectivity index (χ1v) is 8.69. The summed E-state index contributed by atoms with van der Waals surface area (Å²) in [5.74, 6) is -0.373. The molecule has 1 aliphatic rings. The van der Waals surface area contributed by atoms with Gasteiger partial charge in [0.15, 0.2) is 0 Å². The van der Waals surface area contributed by atoms with Crippen LogP contribution in [0.1, 0.15) is 24.0 Å². The van der Waals surface area contributed by atoms with E-state index in [0.29, 0.717) is 6.04 Å². The standard InChI is InChI=1S/C20H22FN3O2/c21-17-5-1-16(2-6-17)14-24-11-9-18(10-12-24)23-19-7-3-15(13-22-19)4-8-20(25)26/h1-8,13,18H,9-12,14H2,(H,22,23)(H,25,26). The van der Waals surface area contributed by atoms with Gasteiger partial charge in [0.05, 0.1) is 0 Å². The van der Waals surface area contributed by atoms with Gasteiger partial charge in [0.1, 0.15) is 11.6 Å². The fourth-order valence-electron chi connectivity index (χ4n) is 3.05. The molecule has 0 unspecified atom stereocenters. The number of nitrogens with zero attached hydrogens (tertiary/aromatic N) is 2. The topological polar surface area (TPSA) is 65.5 Å². The number of carbonyl (C=O) groups is 1. The molecule has 0 spiro atoms. The average molecular weight is 355 g/mol. The van der Waals surface area contributed by atoms with Crippen molar-refractivity contribution in [2.45, 2.75) is 25.4 Å². The van der Waals surface area contributed by atoms with Crippen molar-refractivity contribution in [2.24, 2.45) is 0 Å².